The summed E-state index contributed by atoms with van der Waals surface area (Å²) >= 11 is 0. The summed E-state index contributed by atoms with van der Waals surface area (Å²) in [6, 6.07) is 2.37. The summed E-state index contributed by atoms with van der Waals surface area (Å²) in [4.78, 5) is -0.199. The predicted molar refractivity (Wildman–Crippen MR) is 53.2 cm³/mol. The number of nitrogens with zero attached hydrogens (tertiary/aromatic N) is 2. The first-order chi connectivity index (χ1) is 7.39. The second-order valence-corrected chi connectivity index (χ2v) is 5.57. The fourth-order valence-corrected chi connectivity index (χ4v) is 2.23. The average molecular weight is 267 g/mol. The lowest BCUT2D eigenvalue weighted by molar-refractivity contribution is 0.150. The van der Waals surface area contributed by atoms with E-state index in [-0.39, 0.29) is 16.0 Å². The molecule has 0 saturated heterocycles. The van der Waals surface area contributed by atoms with Crippen LogP contribution >= 0.6 is 10.7 Å². The van der Waals surface area contributed by atoms with Crippen molar-refractivity contribution < 1.29 is 17.2 Å². The largest absolute Gasteiger partial charge is 0.265 e. The number of hydrogen-bond donors (Lipinski definition) is 0. The fourth-order valence-electron chi connectivity index (χ4n) is 1.29. The van der Waals surface area contributed by atoms with Crippen molar-refractivity contribution in [3.05, 3.63) is 30.1 Å². The first-order valence-corrected chi connectivity index (χ1v) is 6.40. The van der Waals surface area contributed by atoms with Gasteiger partial charge < -0.3 is 0 Å². The lowest BCUT2D eigenvalue weighted by Gasteiger charge is -2.00. The molecule has 86 valence electrons. The number of fused-ring (bicyclic) bond motifs is 1. The Morgan fingerprint density at radius 3 is 2.62 bits per heavy atom. The third-order valence-corrected chi connectivity index (χ3v) is 3.36. The van der Waals surface area contributed by atoms with E-state index in [0.29, 0.717) is 0 Å². The number of aromatic nitrogens is 2. The molecule has 8 heteroatoms. The molecule has 0 spiro atoms. The molecule has 0 unspecified atom stereocenters. The van der Waals surface area contributed by atoms with Gasteiger partial charge in [-0.05, 0) is 12.1 Å². The Balaban J connectivity index is 2.69. The van der Waals surface area contributed by atoms with Crippen molar-refractivity contribution in [2.75, 3.05) is 0 Å². The van der Waals surface area contributed by atoms with Gasteiger partial charge in [0.1, 0.15) is 4.90 Å². The van der Waals surface area contributed by atoms with Crippen LogP contribution in [0.1, 0.15) is 12.0 Å². The van der Waals surface area contributed by atoms with Crippen molar-refractivity contribution in [1.82, 2.24) is 9.61 Å². The third-order valence-electron chi connectivity index (χ3n) is 2.02. The van der Waals surface area contributed by atoms with Gasteiger partial charge >= 0.3 is 0 Å². The standard InChI is InChI=1S/C8H5ClF2N2O2S/c9-16(14,15)7-3-12-13-4-5(8(10)11)1-2-6(7)13/h1-4,8H. The van der Waals surface area contributed by atoms with Gasteiger partial charge in [0.05, 0.1) is 11.7 Å². The number of alkyl halides is 2. The van der Waals surface area contributed by atoms with Crippen molar-refractivity contribution in [1.29, 1.82) is 0 Å². The van der Waals surface area contributed by atoms with Gasteiger partial charge in [-0.25, -0.2) is 21.7 Å². The van der Waals surface area contributed by atoms with Gasteiger partial charge in [-0.1, -0.05) is 0 Å². The highest BCUT2D eigenvalue weighted by Gasteiger charge is 2.17. The molecular weight excluding hydrogens is 262 g/mol. The van der Waals surface area contributed by atoms with Crippen LogP contribution in [0.2, 0.25) is 0 Å². The highest BCUT2D eigenvalue weighted by molar-refractivity contribution is 8.13. The molecule has 4 nitrogen and oxygen atoms in total. The van der Waals surface area contributed by atoms with E-state index in [2.05, 4.69) is 5.10 Å². The van der Waals surface area contributed by atoms with Crippen LogP contribution in [0.25, 0.3) is 5.52 Å². The molecule has 0 bridgehead atoms. The van der Waals surface area contributed by atoms with Crippen LogP contribution in [0.5, 0.6) is 0 Å². The molecule has 0 radical (unpaired) electrons. The molecule has 0 atom stereocenters. The Kier molecular flexibility index (Phi) is 2.59. The maximum atomic E-state index is 12.4. The van der Waals surface area contributed by atoms with E-state index in [0.717, 1.165) is 23.0 Å². The van der Waals surface area contributed by atoms with Crippen molar-refractivity contribution >= 4 is 25.2 Å². The van der Waals surface area contributed by atoms with Crippen LogP contribution in [-0.4, -0.2) is 18.0 Å². The van der Waals surface area contributed by atoms with Crippen LogP contribution in [0.3, 0.4) is 0 Å². The summed E-state index contributed by atoms with van der Waals surface area (Å²) in [7, 11) is 1.23. The number of pyridine rings is 1. The topological polar surface area (TPSA) is 51.4 Å². The highest BCUT2D eigenvalue weighted by atomic mass is 35.7. The summed E-state index contributed by atoms with van der Waals surface area (Å²) in [6.07, 6.45) is -0.553. The molecule has 0 fully saturated rings. The zero-order chi connectivity index (χ0) is 11.9. The van der Waals surface area contributed by atoms with Gasteiger partial charge in [0.15, 0.2) is 0 Å². The van der Waals surface area contributed by atoms with E-state index in [1.165, 1.54) is 6.07 Å². The van der Waals surface area contributed by atoms with Crippen molar-refractivity contribution in [2.24, 2.45) is 0 Å². The van der Waals surface area contributed by atoms with E-state index in [9.17, 15) is 17.2 Å². The maximum Gasteiger partial charge on any atom is 0.265 e. The minimum absolute atomic E-state index is 0.166. The Morgan fingerprint density at radius 2 is 2.06 bits per heavy atom. The summed E-state index contributed by atoms with van der Waals surface area (Å²) in [5.74, 6) is 0. The van der Waals surface area contributed by atoms with E-state index >= 15 is 0 Å². The minimum Gasteiger partial charge on any atom is -0.239 e. The molecule has 0 amide bonds. The Hall–Kier alpha value is -1.21. The van der Waals surface area contributed by atoms with Crippen LogP contribution in [0, 0.1) is 0 Å². The van der Waals surface area contributed by atoms with E-state index in [4.69, 9.17) is 10.7 Å². The van der Waals surface area contributed by atoms with E-state index in [1.807, 2.05) is 0 Å². The van der Waals surface area contributed by atoms with Gasteiger partial charge in [-0.3, -0.25) is 0 Å². The van der Waals surface area contributed by atoms with Gasteiger partial charge in [0.25, 0.3) is 15.5 Å². The Morgan fingerprint density at radius 1 is 1.38 bits per heavy atom. The average Bonchev–Trinajstić information content (AvgIpc) is 2.58. The molecule has 0 saturated carbocycles. The van der Waals surface area contributed by atoms with Crippen molar-refractivity contribution in [3.8, 4) is 0 Å². The molecule has 2 aromatic rings. The van der Waals surface area contributed by atoms with Gasteiger partial charge in [0.2, 0.25) is 0 Å². The molecule has 2 heterocycles. The van der Waals surface area contributed by atoms with Crippen LogP contribution in [0.4, 0.5) is 8.78 Å². The van der Waals surface area contributed by atoms with E-state index < -0.39 is 15.5 Å². The van der Waals surface area contributed by atoms with E-state index in [1.54, 1.807) is 0 Å². The summed E-state index contributed by atoms with van der Waals surface area (Å²) in [6.45, 7) is 0. The van der Waals surface area contributed by atoms with Gasteiger partial charge in [0, 0.05) is 22.4 Å². The van der Waals surface area contributed by atoms with Crippen LogP contribution in [0.15, 0.2) is 29.4 Å². The first kappa shape index (κ1) is 11.3. The molecule has 0 N–H and O–H groups in total. The predicted octanol–water partition coefficient (Wildman–Crippen LogP) is 2.20. The smallest absolute Gasteiger partial charge is 0.239 e. The Bertz CT molecular complexity index is 639. The maximum absolute atomic E-state index is 12.4. The second-order valence-electron chi connectivity index (χ2n) is 3.04. The first-order valence-electron chi connectivity index (χ1n) is 4.09. The molecule has 2 rings (SSSR count). The van der Waals surface area contributed by atoms with Gasteiger partial charge in [-0.2, -0.15) is 5.10 Å². The minimum atomic E-state index is -3.92. The normalized spacial score (nSPS) is 12.5. The molecular formula is C8H5ClF2N2O2S. The number of rotatable bonds is 2. The lowest BCUT2D eigenvalue weighted by atomic mass is 10.3. The van der Waals surface area contributed by atoms with Crippen LogP contribution < -0.4 is 0 Å². The summed E-state index contributed by atoms with van der Waals surface area (Å²) < 4.78 is 47.9. The zero-order valence-corrected chi connectivity index (χ0v) is 9.21. The molecule has 0 aliphatic heterocycles. The number of halogens is 3. The molecule has 0 aromatic carbocycles. The molecule has 0 aliphatic rings. The monoisotopic (exact) mass is 266 g/mol. The lowest BCUT2D eigenvalue weighted by Crippen LogP contribution is -1.93. The highest BCUT2D eigenvalue weighted by Crippen LogP contribution is 2.24. The quantitative estimate of drug-likeness (QED) is 0.783. The second kappa shape index (κ2) is 3.67. The van der Waals surface area contributed by atoms with Crippen LogP contribution in [-0.2, 0) is 9.05 Å². The zero-order valence-electron chi connectivity index (χ0n) is 7.64. The fraction of sp³-hybridized carbons (Fsp3) is 0.125. The third kappa shape index (κ3) is 1.88. The molecule has 2 aromatic heterocycles. The van der Waals surface area contributed by atoms with Gasteiger partial charge in [-0.15, -0.1) is 0 Å². The SMILES string of the molecule is O=S(=O)(Cl)c1cnn2cc(C(F)F)ccc12. The number of hydrogen-bond acceptors (Lipinski definition) is 3. The summed E-state index contributed by atoms with van der Waals surface area (Å²) in [5.41, 5.74) is -0.0754. The van der Waals surface area contributed by atoms with Crippen molar-refractivity contribution in [3.63, 3.8) is 0 Å². The molecule has 0 aliphatic carbocycles. The summed E-state index contributed by atoms with van der Waals surface area (Å²) in [5, 5.41) is 3.65. The molecule has 16 heavy (non-hydrogen) atoms. The Labute approximate surface area is 93.9 Å². The van der Waals surface area contributed by atoms with Crippen molar-refractivity contribution in [2.45, 2.75) is 11.3 Å².